The predicted octanol–water partition coefficient (Wildman–Crippen LogP) is 9.83. The van der Waals surface area contributed by atoms with Crippen molar-refractivity contribution >= 4 is 23.5 Å². The normalized spacial score (nSPS) is 13.4. The molecule has 0 aromatic rings. The lowest BCUT2D eigenvalue weighted by molar-refractivity contribution is -0.152. The van der Waals surface area contributed by atoms with Gasteiger partial charge in [0.15, 0.2) is 11.6 Å². The molecule has 43 heavy (non-hydrogen) atoms. The molecule has 0 spiro atoms. The van der Waals surface area contributed by atoms with Crippen LogP contribution in [-0.4, -0.2) is 36.2 Å². The van der Waals surface area contributed by atoms with Crippen LogP contribution in [0.2, 0.25) is 0 Å². The fourth-order valence-electron chi connectivity index (χ4n) is 5.23. The number of hydrogen-bond acceptors (Lipinski definition) is 6. The average Bonchev–Trinajstić information content (AvgIpc) is 2.99. The van der Waals surface area contributed by atoms with E-state index in [2.05, 4.69) is 20.4 Å². The van der Waals surface area contributed by atoms with E-state index in [1.165, 1.54) is 57.4 Å². The van der Waals surface area contributed by atoms with Crippen molar-refractivity contribution in [3.05, 3.63) is 24.8 Å². The third-order valence-electron chi connectivity index (χ3n) is 8.14. The molecule has 6 heteroatoms. The van der Waals surface area contributed by atoms with Crippen molar-refractivity contribution in [3.8, 4) is 0 Å². The minimum absolute atomic E-state index is 0.00161. The first-order valence-electron chi connectivity index (χ1n) is 17.5. The van der Waals surface area contributed by atoms with Crippen molar-refractivity contribution in [1.29, 1.82) is 0 Å². The number of esters is 2. The monoisotopic (exact) mass is 604 g/mol. The zero-order chi connectivity index (χ0) is 32.1. The second-order valence-electron chi connectivity index (χ2n) is 12.1. The van der Waals surface area contributed by atoms with Gasteiger partial charge >= 0.3 is 11.9 Å². The summed E-state index contributed by atoms with van der Waals surface area (Å²) in [6.07, 6.45) is 22.9. The quantitative estimate of drug-likeness (QED) is 0.0461. The molecule has 0 aromatic heterocycles. The Labute approximate surface area is 263 Å². The Kier molecular flexibility index (Phi) is 27.0. The number of ether oxygens (including phenoxy) is 2. The van der Waals surface area contributed by atoms with Gasteiger partial charge in [0.2, 0.25) is 0 Å². The van der Waals surface area contributed by atoms with Crippen molar-refractivity contribution in [2.75, 3.05) is 6.61 Å². The van der Waals surface area contributed by atoms with Gasteiger partial charge in [-0.25, -0.2) is 0 Å². The van der Waals surface area contributed by atoms with Crippen molar-refractivity contribution in [2.45, 2.75) is 169 Å². The Morgan fingerprint density at radius 1 is 0.674 bits per heavy atom. The van der Waals surface area contributed by atoms with E-state index in [1.54, 1.807) is 6.08 Å². The van der Waals surface area contributed by atoms with Gasteiger partial charge in [0.1, 0.15) is 6.10 Å². The number of allylic oxidation sites excluding steroid dienone is 3. The van der Waals surface area contributed by atoms with Crippen LogP contribution in [-0.2, 0) is 28.7 Å². The lowest BCUT2D eigenvalue weighted by atomic mass is 9.92. The third-order valence-corrected chi connectivity index (χ3v) is 8.14. The largest absolute Gasteiger partial charge is 0.466 e. The first kappa shape index (κ1) is 40.8. The molecule has 0 amide bonds. The molecule has 0 aliphatic heterocycles. The smallest absolute Gasteiger partial charge is 0.306 e. The van der Waals surface area contributed by atoms with Gasteiger partial charge in [-0.15, -0.1) is 0 Å². The summed E-state index contributed by atoms with van der Waals surface area (Å²) in [5, 5.41) is 0. The Morgan fingerprint density at radius 3 is 1.88 bits per heavy atom. The molecule has 0 aromatic carbocycles. The van der Waals surface area contributed by atoms with E-state index in [9.17, 15) is 19.2 Å². The lowest BCUT2D eigenvalue weighted by Crippen LogP contribution is -2.24. The summed E-state index contributed by atoms with van der Waals surface area (Å²) in [6.45, 7) is 12.3. The van der Waals surface area contributed by atoms with Gasteiger partial charge in [-0.1, -0.05) is 111 Å². The highest BCUT2D eigenvalue weighted by Crippen LogP contribution is 2.23. The van der Waals surface area contributed by atoms with Gasteiger partial charge < -0.3 is 9.47 Å². The summed E-state index contributed by atoms with van der Waals surface area (Å²) in [4.78, 5) is 50.0. The van der Waals surface area contributed by atoms with Crippen LogP contribution in [0.25, 0.3) is 0 Å². The zero-order valence-corrected chi connectivity index (χ0v) is 28.2. The maximum Gasteiger partial charge on any atom is 0.306 e. The Bertz CT molecular complexity index is 786. The fourth-order valence-corrected chi connectivity index (χ4v) is 5.23. The number of carbonyl (C=O) groups excluding carboxylic acids is 4. The highest BCUT2D eigenvalue weighted by Gasteiger charge is 2.24. The van der Waals surface area contributed by atoms with E-state index in [4.69, 9.17) is 9.47 Å². The molecule has 1 unspecified atom stereocenters. The highest BCUT2D eigenvalue weighted by molar-refractivity contribution is 5.89. The second-order valence-corrected chi connectivity index (χ2v) is 12.1. The van der Waals surface area contributed by atoms with Crippen LogP contribution in [0.15, 0.2) is 24.8 Å². The van der Waals surface area contributed by atoms with Crippen LogP contribution in [0.5, 0.6) is 0 Å². The molecule has 0 aliphatic carbocycles. The average molecular weight is 605 g/mol. The van der Waals surface area contributed by atoms with Crippen LogP contribution in [0, 0.1) is 11.8 Å². The van der Waals surface area contributed by atoms with E-state index >= 15 is 0 Å². The summed E-state index contributed by atoms with van der Waals surface area (Å²) in [6, 6.07) is 0. The molecule has 0 radical (unpaired) electrons. The number of rotatable bonds is 30. The maximum absolute atomic E-state index is 13.0. The molecule has 3 atom stereocenters. The molecule has 6 nitrogen and oxygen atoms in total. The highest BCUT2D eigenvalue weighted by atomic mass is 16.5. The first-order valence-corrected chi connectivity index (χ1v) is 17.5. The molecule has 248 valence electrons. The summed E-state index contributed by atoms with van der Waals surface area (Å²) in [5.41, 5.74) is 0. The van der Waals surface area contributed by atoms with Gasteiger partial charge in [0.25, 0.3) is 0 Å². The molecule has 0 saturated heterocycles. The SMILES string of the molecule is C=CC(=O)C[C@H](CC)C[C@@H](CC)OC(=O)CC(CCC(=O)/C=C\CCCCCCCC)CC(=O)OCCCCCCCC. The molecule has 0 heterocycles. The Balaban J connectivity index is 4.94. The van der Waals surface area contributed by atoms with E-state index < -0.39 is 0 Å². The predicted molar refractivity (Wildman–Crippen MR) is 177 cm³/mol. The molecule has 0 saturated carbocycles. The maximum atomic E-state index is 13.0. The van der Waals surface area contributed by atoms with Crippen molar-refractivity contribution in [1.82, 2.24) is 0 Å². The van der Waals surface area contributed by atoms with E-state index in [0.29, 0.717) is 32.3 Å². The van der Waals surface area contributed by atoms with Gasteiger partial charge in [-0.3, -0.25) is 19.2 Å². The molecular weight excluding hydrogens is 540 g/mol. The van der Waals surface area contributed by atoms with Gasteiger partial charge in [0, 0.05) is 25.7 Å². The van der Waals surface area contributed by atoms with Crippen molar-refractivity contribution in [3.63, 3.8) is 0 Å². The van der Waals surface area contributed by atoms with Crippen LogP contribution < -0.4 is 0 Å². The zero-order valence-electron chi connectivity index (χ0n) is 28.2. The van der Waals surface area contributed by atoms with Crippen LogP contribution in [0.4, 0.5) is 0 Å². The lowest BCUT2D eigenvalue weighted by Gasteiger charge is -2.23. The number of unbranched alkanes of at least 4 members (excludes halogenated alkanes) is 11. The third kappa shape index (κ3) is 24.9. The number of carbonyl (C=O) groups is 4. The minimum Gasteiger partial charge on any atom is -0.466 e. The Hall–Kier alpha value is -2.24. The summed E-state index contributed by atoms with van der Waals surface area (Å²) in [7, 11) is 0. The minimum atomic E-state index is -0.364. The Morgan fingerprint density at radius 2 is 1.28 bits per heavy atom. The van der Waals surface area contributed by atoms with Crippen LogP contribution in [0.3, 0.4) is 0 Å². The topological polar surface area (TPSA) is 86.7 Å². The fraction of sp³-hybridized carbons (Fsp3) is 0.784. The summed E-state index contributed by atoms with van der Waals surface area (Å²) in [5.74, 6) is -0.860. The van der Waals surface area contributed by atoms with Crippen LogP contribution >= 0.6 is 0 Å². The van der Waals surface area contributed by atoms with Crippen molar-refractivity contribution in [2.24, 2.45) is 11.8 Å². The molecule has 0 fully saturated rings. The molecule has 0 bridgehead atoms. The summed E-state index contributed by atoms with van der Waals surface area (Å²) < 4.78 is 11.3. The van der Waals surface area contributed by atoms with E-state index in [-0.39, 0.29) is 60.7 Å². The van der Waals surface area contributed by atoms with E-state index in [0.717, 1.165) is 38.5 Å². The summed E-state index contributed by atoms with van der Waals surface area (Å²) >= 11 is 0. The van der Waals surface area contributed by atoms with Crippen LogP contribution in [0.1, 0.15) is 163 Å². The second kappa shape index (κ2) is 28.5. The molecular formula is C37H64O6. The van der Waals surface area contributed by atoms with Gasteiger partial charge in [-0.2, -0.15) is 0 Å². The standard InChI is InChI=1S/C37H64O6/c1-6-11-13-15-17-18-19-21-23-34(39)25-24-32(29-36(40)42-26-22-20-16-14-12-7-2)30-37(41)43-35(10-5)28-31(8-3)27-33(38)9-4/h9,21,23,31-32,35H,4,6-8,10-20,22,24-30H2,1-3,5H3/b23-21-/t31-,32?,35+/m0/s1. The number of hydrogen-bond donors (Lipinski definition) is 0. The molecule has 0 rings (SSSR count). The first-order chi connectivity index (χ1) is 20.8. The molecule has 0 aliphatic rings. The van der Waals surface area contributed by atoms with E-state index in [1.807, 2.05) is 19.9 Å². The number of ketones is 2. The van der Waals surface area contributed by atoms with Gasteiger partial charge in [0.05, 0.1) is 6.61 Å². The van der Waals surface area contributed by atoms with Crippen molar-refractivity contribution < 1.29 is 28.7 Å². The molecule has 0 N–H and O–H groups in total. The van der Waals surface area contributed by atoms with Gasteiger partial charge in [-0.05, 0) is 62.5 Å².